The number of carbonyl (C=O) groups is 2. The summed E-state index contributed by atoms with van der Waals surface area (Å²) in [4.78, 5) is 24.9. The third kappa shape index (κ3) is 2.44. The highest BCUT2D eigenvalue weighted by molar-refractivity contribution is 5.79. The lowest BCUT2D eigenvalue weighted by atomic mass is 9.84. The van der Waals surface area contributed by atoms with Crippen molar-refractivity contribution in [2.75, 3.05) is 19.6 Å². The number of nitrogens with zero attached hydrogens (tertiary/aromatic N) is 1. The molecule has 0 aromatic carbocycles. The Balaban J connectivity index is 1.87. The van der Waals surface area contributed by atoms with E-state index in [0.717, 1.165) is 0 Å². The van der Waals surface area contributed by atoms with Crippen LogP contribution in [0.15, 0.2) is 0 Å². The van der Waals surface area contributed by atoms with Crippen LogP contribution < -0.4 is 5.32 Å². The summed E-state index contributed by atoms with van der Waals surface area (Å²) in [6.07, 6.45) is 3.47. The highest BCUT2D eigenvalue weighted by atomic mass is 16.4. The van der Waals surface area contributed by atoms with Crippen LogP contribution in [0.4, 0.5) is 4.79 Å². The highest BCUT2D eigenvalue weighted by Gasteiger charge is 2.45. The van der Waals surface area contributed by atoms with Crippen molar-refractivity contribution in [3.8, 4) is 0 Å². The molecule has 1 atom stereocenters. The lowest BCUT2D eigenvalue weighted by molar-refractivity contribution is -0.148. The van der Waals surface area contributed by atoms with Crippen LogP contribution in [0.3, 0.4) is 0 Å². The molecule has 0 radical (unpaired) electrons. The van der Waals surface area contributed by atoms with Gasteiger partial charge in [-0.15, -0.1) is 0 Å². The fourth-order valence-electron chi connectivity index (χ4n) is 2.45. The van der Waals surface area contributed by atoms with E-state index in [1.54, 1.807) is 4.90 Å². The number of hydrogen-bond donors (Lipinski definition) is 2. The third-order valence-electron chi connectivity index (χ3n) is 4.54. The molecule has 1 aliphatic carbocycles. The van der Waals surface area contributed by atoms with Crippen molar-refractivity contribution in [3.05, 3.63) is 0 Å². The zero-order valence-electron chi connectivity index (χ0n) is 11.2. The van der Waals surface area contributed by atoms with E-state index in [1.165, 1.54) is 12.8 Å². The average molecular weight is 254 g/mol. The molecular formula is C13H22N2O3. The van der Waals surface area contributed by atoms with E-state index < -0.39 is 11.4 Å². The lowest BCUT2D eigenvalue weighted by Crippen LogP contribution is -2.43. The quantitative estimate of drug-likeness (QED) is 0.802. The van der Waals surface area contributed by atoms with E-state index in [9.17, 15) is 14.7 Å². The predicted molar refractivity (Wildman–Crippen MR) is 67.3 cm³/mol. The van der Waals surface area contributed by atoms with Gasteiger partial charge in [0.15, 0.2) is 0 Å². The number of likely N-dealkylation sites (tertiary alicyclic amines) is 1. The van der Waals surface area contributed by atoms with Crippen molar-refractivity contribution >= 4 is 12.0 Å². The van der Waals surface area contributed by atoms with Gasteiger partial charge in [-0.05, 0) is 31.1 Å². The van der Waals surface area contributed by atoms with Gasteiger partial charge in [0.05, 0.1) is 5.41 Å². The fraction of sp³-hybridized carbons (Fsp3) is 0.846. The first-order valence-electron chi connectivity index (χ1n) is 6.67. The molecule has 0 aromatic rings. The summed E-state index contributed by atoms with van der Waals surface area (Å²) in [5.41, 5.74) is -0.454. The first-order chi connectivity index (χ1) is 8.41. The van der Waals surface area contributed by atoms with Crippen LogP contribution in [0.1, 0.15) is 39.5 Å². The second-order valence-corrected chi connectivity index (χ2v) is 6.08. The van der Waals surface area contributed by atoms with E-state index in [4.69, 9.17) is 0 Å². The van der Waals surface area contributed by atoms with E-state index >= 15 is 0 Å². The zero-order chi connectivity index (χ0) is 13.4. The summed E-state index contributed by atoms with van der Waals surface area (Å²) in [7, 11) is 0. The van der Waals surface area contributed by atoms with Crippen LogP contribution in [0, 0.1) is 10.8 Å². The summed E-state index contributed by atoms with van der Waals surface area (Å²) >= 11 is 0. The van der Waals surface area contributed by atoms with Gasteiger partial charge in [-0.25, -0.2) is 4.79 Å². The molecule has 2 fully saturated rings. The van der Waals surface area contributed by atoms with Crippen LogP contribution in [-0.4, -0.2) is 41.6 Å². The number of carboxylic acid groups (broad SMARTS) is 1. The summed E-state index contributed by atoms with van der Waals surface area (Å²) in [5.74, 6) is -0.783. The first kappa shape index (κ1) is 13.2. The topological polar surface area (TPSA) is 69.6 Å². The van der Waals surface area contributed by atoms with Crippen molar-refractivity contribution in [2.45, 2.75) is 39.5 Å². The Kier molecular flexibility index (Phi) is 3.25. The van der Waals surface area contributed by atoms with Gasteiger partial charge in [-0.1, -0.05) is 13.8 Å². The van der Waals surface area contributed by atoms with Gasteiger partial charge in [-0.3, -0.25) is 4.79 Å². The molecule has 0 aromatic heterocycles. The fourth-order valence-corrected chi connectivity index (χ4v) is 2.45. The van der Waals surface area contributed by atoms with Crippen molar-refractivity contribution in [3.63, 3.8) is 0 Å². The maximum absolute atomic E-state index is 12.0. The van der Waals surface area contributed by atoms with Gasteiger partial charge < -0.3 is 15.3 Å². The molecule has 1 saturated carbocycles. The molecule has 5 nitrogen and oxygen atoms in total. The number of carboxylic acids is 1. The molecule has 0 bridgehead atoms. The molecule has 2 rings (SSSR count). The first-order valence-corrected chi connectivity index (χ1v) is 6.67. The zero-order valence-corrected chi connectivity index (χ0v) is 11.2. The van der Waals surface area contributed by atoms with Crippen molar-refractivity contribution < 1.29 is 14.7 Å². The largest absolute Gasteiger partial charge is 0.481 e. The van der Waals surface area contributed by atoms with E-state index in [1.807, 2.05) is 6.92 Å². The number of rotatable bonds is 4. The van der Waals surface area contributed by atoms with Crippen molar-refractivity contribution in [1.29, 1.82) is 0 Å². The lowest BCUT2D eigenvalue weighted by Gasteiger charge is -2.23. The predicted octanol–water partition coefficient (Wildman–Crippen LogP) is 1.68. The molecular weight excluding hydrogens is 232 g/mol. The van der Waals surface area contributed by atoms with Gasteiger partial charge in [0.25, 0.3) is 0 Å². The van der Waals surface area contributed by atoms with Crippen LogP contribution in [0.2, 0.25) is 0 Å². The molecule has 1 unspecified atom stereocenters. The number of carbonyl (C=O) groups excluding carboxylic acids is 1. The van der Waals surface area contributed by atoms with Gasteiger partial charge in [-0.2, -0.15) is 0 Å². The van der Waals surface area contributed by atoms with Crippen molar-refractivity contribution in [1.82, 2.24) is 10.2 Å². The number of nitrogens with one attached hydrogen (secondary N) is 1. The number of amides is 2. The monoisotopic (exact) mass is 254 g/mol. The van der Waals surface area contributed by atoms with Gasteiger partial charge in [0, 0.05) is 19.6 Å². The number of hydrogen-bond acceptors (Lipinski definition) is 2. The summed E-state index contributed by atoms with van der Waals surface area (Å²) < 4.78 is 0. The van der Waals surface area contributed by atoms with Crippen LogP contribution in [0.25, 0.3) is 0 Å². The van der Waals surface area contributed by atoms with Crippen LogP contribution in [0.5, 0.6) is 0 Å². The van der Waals surface area contributed by atoms with Crippen molar-refractivity contribution in [2.24, 2.45) is 10.8 Å². The summed E-state index contributed by atoms with van der Waals surface area (Å²) in [6.45, 7) is 5.62. The number of urea groups is 1. The van der Waals surface area contributed by atoms with Gasteiger partial charge >= 0.3 is 12.0 Å². The minimum absolute atomic E-state index is 0.111. The maximum atomic E-state index is 12.0. The minimum Gasteiger partial charge on any atom is -0.481 e. The van der Waals surface area contributed by atoms with E-state index in [2.05, 4.69) is 12.2 Å². The standard InChI is InChI=1S/C13H22N2O3/c1-3-13(10(16)17)6-7-15(9-13)11(18)14-8-12(2)4-5-12/h3-9H2,1-2H3,(H,14,18)(H,16,17). The molecule has 0 spiro atoms. The Morgan fingerprint density at radius 3 is 2.44 bits per heavy atom. The van der Waals surface area contributed by atoms with E-state index in [0.29, 0.717) is 32.5 Å². The molecule has 18 heavy (non-hydrogen) atoms. The second-order valence-electron chi connectivity index (χ2n) is 6.08. The summed E-state index contributed by atoms with van der Waals surface area (Å²) in [6, 6.07) is -0.111. The SMILES string of the molecule is CCC1(C(=O)O)CCN(C(=O)NCC2(C)CC2)C1. The highest BCUT2D eigenvalue weighted by Crippen LogP contribution is 2.44. The molecule has 2 amide bonds. The number of aliphatic carboxylic acids is 1. The second kappa shape index (κ2) is 4.44. The van der Waals surface area contributed by atoms with Crippen LogP contribution >= 0.6 is 0 Å². The normalized spacial score (nSPS) is 29.1. The Labute approximate surface area is 108 Å². The molecule has 1 saturated heterocycles. The maximum Gasteiger partial charge on any atom is 0.317 e. The van der Waals surface area contributed by atoms with Gasteiger partial charge in [0.1, 0.15) is 0 Å². The molecule has 102 valence electrons. The smallest absolute Gasteiger partial charge is 0.317 e. The summed E-state index contributed by atoms with van der Waals surface area (Å²) in [5, 5.41) is 12.2. The van der Waals surface area contributed by atoms with Crippen LogP contribution in [-0.2, 0) is 4.79 Å². The molecule has 1 aliphatic heterocycles. The Morgan fingerprint density at radius 1 is 1.33 bits per heavy atom. The molecule has 5 heteroatoms. The Morgan fingerprint density at radius 2 is 2.00 bits per heavy atom. The average Bonchev–Trinajstić information content (AvgIpc) is 2.92. The molecule has 2 aliphatic rings. The molecule has 2 N–H and O–H groups in total. The van der Waals surface area contributed by atoms with Gasteiger partial charge in [0.2, 0.25) is 0 Å². The Bertz CT molecular complexity index is 365. The van der Waals surface area contributed by atoms with E-state index in [-0.39, 0.29) is 11.4 Å². The Hall–Kier alpha value is -1.26. The molecule has 1 heterocycles. The minimum atomic E-state index is -0.783. The third-order valence-corrected chi connectivity index (χ3v) is 4.54.